The third kappa shape index (κ3) is 8.96. The minimum atomic E-state index is 0. The summed E-state index contributed by atoms with van der Waals surface area (Å²) in [6, 6.07) is 8.46. The van der Waals surface area contributed by atoms with Gasteiger partial charge in [-0.3, -0.25) is 4.79 Å². The van der Waals surface area contributed by atoms with Gasteiger partial charge >= 0.3 is 0 Å². The number of piperidine rings is 1. The highest BCUT2D eigenvalue weighted by Gasteiger charge is 2.20. The Bertz CT molecular complexity index is 703. The molecule has 7 heteroatoms. The molecule has 0 radical (unpaired) electrons. The molecule has 1 amide bonds. The maximum atomic E-state index is 11.9. The lowest BCUT2D eigenvalue weighted by Gasteiger charge is -2.30. The van der Waals surface area contributed by atoms with Gasteiger partial charge in [-0.05, 0) is 69.3 Å². The summed E-state index contributed by atoms with van der Waals surface area (Å²) in [7, 11) is 0. The van der Waals surface area contributed by atoms with Gasteiger partial charge in [-0.15, -0.1) is 24.0 Å². The van der Waals surface area contributed by atoms with Gasteiger partial charge in [-0.2, -0.15) is 0 Å². The van der Waals surface area contributed by atoms with Crippen molar-refractivity contribution in [1.29, 1.82) is 0 Å². The molecule has 2 N–H and O–H groups in total. The van der Waals surface area contributed by atoms with Gasteiger partial charge in [0, 0.05) is 32.6 Å². The SMILES string of the molecule is CCNC(=NCc1cccc(CN2CCCC2=O)c1)NCCCN1CCC(C)CC1.I. The Hall–Kier alpha value is -1.35. The Kier molecular flexibility index (Phi) is 11.6. The summed E-state index contributed by atoms with van der Waals surface area (Å²) in [6.07, 6.45) is 5.49. The van der Waals surface area contributed by atoms with Gasteiger partial charge in [0.15, 0.2) is 5.96 Å². The van der Waals surface area contributed by atoms with Crippen LogP contribution in [0.25, 0.3) is 0 Å². The number of benzene rings is 1. The lowest BCUT2D eigenvalue weighted by Crippen LogP contribution is -2.39. The molecule has 0 aliphatic carbocycles. The van der Waals surface area contributed by atoms with Crippen molar-refractivity contribution in [3.05, 3.63) is 35.4 Å². The van der Waals surface area contributed by atoms with Crippen molar-refractivity contribution in [2.24, 2.45) is 10.9 Å². The summed E-state index contributed by atoms with van der Waals surface area (Å²) in [4.78, 5) is 21.2. The van der Waals surface area contributed by atoms with Gasteiger partial charge in [-0.1, -0.05) is 31.2 Å². The van der Waals surface area contributed by atoms with Gasteiger partial charge in [0.1, 0.15) is 0 Å². The van der Waals surface area contributed by atoms with Gasteiger partial charge in [0.2, 0.25) is 5.91 Å². The van der Waals surface area contributed by atoms with Crippen LogP contribution in [0.2, 0.25) is 0 Å². The van der Waals surface area contributed by atoms with Gasteiger partial charge in [0.05, 0.1) is 6.54 Å². The number of likely N-dealkylation sites (tertiary alicyclic amines) is 2. The third-order valence-corrected chi connectivity index (χ3v) is 6.12. The summed E-state index contributed by atoms with van der Waals surface area (Å²) in [6.45, 7) is 12.1. The number of nitrogens with zero attached hydrogens (tertiary/aromatic N) is 3. The molecule has 0 saturated carbocycles. The van der Waals surface area contributed by atoms with E-state index < -0.39 is 0 Å². The van der Waals surface area contributed by atoms with Crippen LogP contribution in [0.4, 0.5) is 0 Å². The molecule has 0 unspecified atom stereocenters. The molecule has 1 aromatic rings. The van der Waals surface area contributed by atoms with Crippen molar-refractivity contribution in [3.8, 4) is 0 Å². The average molecular weight is 542 g/mol. The first-order chi connectivity index (χ1) is 14.6. The van der Waals surface area contributed by atoms with Gasteiger partial charge in [-0.25, -0.2) is 4.99 Å². The molecule has 2 aliphatic heterocycles. The third-order valence-electron chi connectivity index (χ3n) is 6.12. The van der Waals surface area contributed by atoms with Crippen LogP contribution in [0.5, 0.6) is 0 Å². The predicted molar refractivity (Wildman–Crippen MR) is 139 cm³/mol. The molecule has 0 atom stereocenters. The van der Waals surface area contributed by atoms with E-state index in [0.29, 0.717) is 19.5 Å². The summed E-state index contributed by atoms with van der Waals surface area (Å²) < 4.78 is 0. The first-order valence-electron chi connectivity index (χ1n) is 11.7. The second kappa shape index (κ2) is 13.9. The zero-order chi connectivity index (χ0) is 21.2. The number of carbonyl (C=O) groups excluding carboxylic acids is 1. The Morgan fingerprint density at radius 1 is 1.16 bits per heavy atom. The molecule has 0 bridgehead atoms. The molecule has 3 rings (SSSR count). The molecular weight excluding hydrogens is 501 g/mol. The van der Waals surface area contributed by atoms with E-state index in [1.807, 2.05) is 4.90 Å². The molecule has 2 saturated heterocycles. The smallest absolute Gasteiger partial charge is 0.222 e. The van der Waals surface area contributed by atoms with Crippen LogP contribution in [-0.2, 0) is 17.9 Å². The van der Waals surface area contributed by atoms with Crippen molar-refractivity contribution in [2.45, 2.75) is 59.0 Å². The van der Waals surface area contributed by atoms with Crippen LogP contribution in [0, 0.1) is 5.92 Å². The summed E-state index contributed by atoms with van der Waals surface area (Å²) in [5.74, 6) is 2.04. The lowest BCUT2D eigenvalue weighted by atomic mass is 9.99. The van der Waals surface area contributed by atoms with Crippen molar-refractivity contribution in [3.63, 3.8) is 0 Å². The van der Waals surface area contributed by atoms with Crippen molar-refractivity contribution in [2.75, 3.05) is 39.3 Å². The number of rotatable bonds is 9. The highest BCUT2D eigenvalue weighted by molar-refractivity contribution is 14.0. The van der Waals surface area contributed by atoms with Crippen molar-refractivity contribution >= 4 is 35.8 Å². The fraction of sp³-hybridized carbons (Fsp3) is 0.667. The maximum absolute atomic E-state index is 11.9. The van der Waals surface area contributed by atoms with E-state index in [1.54, 1.807) is 0 Å². The number of guanidine groups is 1. The van der Waals surface area contributed by atoms with E-state index in [9.17, 15) is 4.79 Å². The fourth-order valence-corrected chi connectivity index (χ4v) is 4.23. The Morgan fingerprint density at radius 2 is 1.94 bits per heavy atom. The number of aliphatic imine (C=N–C) groups is 1. The highest BCUT2D eigenvalue weighted by atomic mass is 127. The number of amides is 1. The van der Waals surface area contributed by atoms with Crippen LogP contribution in [0.15, 0.2) is 29.3 Å². The number of halogens is 1. The molecule has 2 fully saturated rings. The monoisotopic (exact) mass is 541 g/mol. The van der Waals surface area contributed by atoms with Crippen LogP contribution in [-0.4, -0.2) is 60.9 Å². The number of carbonyl (C=O) groups is 1. The highest BCUT2D eigenvalue weighted by Crippen LogP contribution is 2.16. The number of hydrogen-bond donors (Lipinski definition) is 2. The zero-order valence-corrected chi connectivity index (χ0v) is 21.6. The second-order valence-electron chi connectivity index (χ2n) is 8.74. The van der Waals surface area contributed by atoms with Crippen molar-refractivity contribution in [1.82, 2.24) is 20.4 Å². The topological polar surface area (TPSA) is 60.0 Å². The van der Waals surface area contributed by atoms with E-state index in [2.05, 4.69) is 53.6 Å². The van der Waals surface area contributed by atoms with Crippen LogP contribution in [0.3, 0.4) is 0 Å². The first kappa shape index (κ1) is 25.9. The van der Waals surface area contributed by atoms with Gasteiger partial charge in [0.25, 0.3) is 0 Å². The second-order valence-corrected chi connectivity index (χ2v) is 8.74. The minimum Gasteiger partial charge on any atom is -0.357 e. The molecule has 2 aliphatic rings. The Balaban J connectivity index is 0.00000341. The van der Waals surface area contributed by atoms with Crippen molar-refractivity contribution < 1.29 is 4.79 Å². The molecular formula is C24H40IN5O. The average Bonchev–Trinajstić information content (AvgIpc) is 3.15. The Morgan fingerprint density at radius 3 is 2.65 bits per heavy atom. The van der Waals surface area contributed by atoms with E-state index in [-0.39, 0.29) is 29.9 Å². The lowest BCUT2D eigenvalue weighted by molar-refractivity contribution is -0.128. The van der Waals surface area contributed by atoms with E-state index in [4.69, 9.17) is 4.99 Å². The molecule has 31 heavy (non-hydrogen) atoms. The maximum Gasteiger partial charge on any atom is 0.222 e. The van der Waals surface area contributed by atoms with Crippen LogP contribution in [0.1, 0.15) is 57.1 Å². The van der Waals surface area contributed by atoms with Gasteiger partial charge < -0.3 is 20.4 Å². The largest absolute Gasteiger partial charge is 0.357 e. The van der Waals surface area contributed by atoms with E-state index in [0.717, 1.165) is 50.9 Å². The molecule has 0 aromatic heterocycles. The Labute approximate surface area is 205 Å². The summed E-state index contributed by atoms with van der Waals surface area (Å²) >= 11 is 0. The normalized spacial score (nSPS) is 18.2. The van der Waals surface area contributed by atoms with Crippen LogP contribution < -0.4 is 10.6 Å². The first-order valence-corrected chi connectivity index (χ1v) is 11.7. The summed E-state index contributed by atoms with van der Waals surface area (Å²) in [5.41, 5.74) is 2.37. The number of nitrogens with one attached hydrogen (secondary N) is 2. The number of hydrogen-bond acceptors (Lipinski definition) is 3. The predicted octanol–water partition coefficient (Wildman–Crippen LogP) is 3.60. The summed E-state index contributed by atoms with van der Waals surface area (Å²) in [5, 5.41) is 6.83. The molecule has 0 spiro atoms. The fourth-order valence-electron chi connectivity index (χ4n) is 4.23. The molecule has 6 nitrogen and oxygen atoms in total. The van der Waals surface area contributed by atoms with E-state index >= 15 is 0 Å². The van der Waals surface area contributed by atoms with Crippen LogP contribution >= 0.6 is 24.0 Å². The molecule has 2 heterocycles. The molecule has 174 valence electrons. The zero-order valence-electron chi connectivity index (χ0n) is 19.2. The quantitative estimate of drug-likeness (QED) is 0.217. The standard InChI is InChI=1S/C24H39N5O.HI/c1-3-25-24(26-12-6-13-28-15-10-20(2)11-16-28)27-18-21-7-4-8-22(17-21)19-29-14-5-9-23(29)30;/h4,7-8,17,20H,3,5-6,9-16,18-19H2,1-2H3,(H2,25,26,27);1H. The van der Waals surface area contributed by atoms with E-state index in [1.165, 1.54) is 37.1 Å². The minimum absolute atomic E-state index is 0. The molecule has 1 aromatic carbocycles.